The molecule has 1 amide bonds. The number of aromatic nitrogens is 1. The van der Waals surface area contributed by atoms with E-state index < -0.39 is 0 Å². The van der Waals surface area contributed by atoms with E-state index in [0.717, 1.165) is 37.6 Å². The van der Waals surface area contributed by atoms with E-state index in [-0.39, 0.29) is 17.9 Å². The molecule has 1 aliphatic carbocycles. The molecule has 3 rings (SSSR count). The molecule has 0 bridgehead atoms. The van der Waals surface area contributed by atoms with E-state index >= 15 is 0 Å². The van der Waals surface area contributed by atoms with Crippen LogP contribution in [0.2, 0.25) is 0 Å². The third-order valence-corrected chi connectivity index (χ3v) is 4.44. The van der Waals surface area contributed by atoms with E-state index in [4.69, 9.17) is 0 Å². The van der Waals surface area contributed by atoms with E-state index in [1.54, 1.807) is 0 Å². The molecule has 1 heterocycles. The highest BCUT2D eigenvalue weighted by molar-refractivity contribution is 5.83. The molecule has 0 radical (unpaired) electrons. The Balaban J connectivity index is 1.51. The van der Waals surface area contributed by atoms with Crippen molar-refractivity contribution in [3.63, 3.8) is 0 Å². The fourth-order valence-corrected chi connectivity index (χ4v) is 3.14. The number of carbonyl (C=O) groups is 1. The van der Waals surface area contributed by atoms with Gasteiger partial charge in [0.15, 0.2) is 0 Å². The molecular formula is C17H22N2O2. The van der Waals surface area contributed by atoms with Gasteiger partial charge in [-0.15, -0.1) is 0 Å². The van der Waals surface area contributed by atoms with Gasteiger partial charge in [-0.05, 0) is 43.7 Å². The van der Waals surface area contributed by atoms with E-state index in [0.29, 0.717) is 6.54 Å². The van der Waals surface area contributed by atoms with Crippen molar-refractivity contribution >= 4 is 16.8 Å². The molecule has 0 saturated heterocycles. The van der Waals surface area contributed by atoms with Gasteiger partial charge >= 0.3 is 0 Å². The molecule has 1 saturated carbocycles. The zero-order valence-corrected chi connectivity index (χ0v) is 12.1. The van der Waals surface area contributed by atoms with Gasteiger partial charge < -0.3 is 15.4 Å². The fourth-order valence-electron chi connectivity index (χ4n) is 3.14. The van der Waals surface area contributed by atoms with Gasteiger partial charge in [-0.2, -0.15) is 0 Å². The van der Waals surface area contributed by atoms with Gasteiger partial charge in [-0.3, -0.25) is 4.79 Å². The summed E-state index contributed by atoms with van der Waals surface area (Å²) in [4.78, 5) is 15.4. The predicted molar refractivity (Wildman–Crippen MR) is 83.0 cm³/mol. The van der Waals surface area contributed by atoms with Gasteiger partial charge in [0.05, 0.1) is 6.10 Å². The summed E-state index contributed by atoms with van der Waals surface area (Å²) in [7, 11) is 0. The minimum Gasteiger partial charge on any atom is -0.393 e. The van der Waals surface area contributed by atoms with Crippen molar-refractivity contribution in [1.29, 1.82) is 0 Å². The highest BCUT2D eigenvalue weighted by Crippen LogP contribution is 2.24. The monoisotopic (exact) mass is 286 g/mol. The summed E-state index contributed by atoms with van der Waals surface area (Å²) in [5.74, 6) is 0.220. The Morgan fingerprint density at radius 2 is 2.00 bits per heavy atom. The van der Waals surface area contributed by atoms with Crippen LogP contribution >= 0.6 is 0 Å². The Kier molecular flexibility index (Phi) is 4.25. The minimum atomic E-state index is -0.208. The standard InChI is InChI=1S/C17H22N2O2/c20-14-7-5-12(6-8-14)17(21)18-10-9-13-11-19-16-4-2-1-3-15(13)16/h1-4,11-12,14,19-20H,5-10H2,(H,18,21). The summed E-state index contributed by atoms with van der Waals surface area (Å²) in [6, 6.07) is 8.21. The van der Waals surface area contributed by atoms with Crippen molar-refractivity contribution in [3.8, 4) is 0 Å². The van der Waals surface area contributed by atoms with Crippen LogP contribution in [0.25, 0.3) is 10.9 Å². The molecular weight excluding hydrogens is 264 g/mol. The average molecular weight is 286 g/mol. The van der Waals surface area contributed by atoms with E-state index in [2.05, 4.69) is 22.4 Å². The molecule has 1 aromatic carbocycles. The molecule has 0 aliphatic heterocycles. The van der Waals surface area contributed by atoms with Crippen molar-refractivity contribution in [2.75, 3.05) is 6.54 Å². The summed E-state index contributed by atoms with van der Waals surface area (Å²) in [5, 5.41) is 13.7. The summed E-state index contributed by atoms with van der Waals surface area (Å²) < 4.78 is 0. The Hall–Kier alpha value is -1.81. The highest BCUT2D eigenvalue weighted by atomic mass is 16.3. The third-order valence-electron chi connectivity index (χ3n) is 4.44. The van der Waals surface area contributed by atoms with Crippen molar-refractivity contribution in [2.45, 2.75) is 38.2 Å². The number of para-hydroxylation sites is 1. The second-order valence-corrected chi connectivity index (χ2v) is 5.91. The summed E-state index contributed by atoms with van der Waals surface area (Å²) in [6.07, 6.45) is 5.76. The third kappa shape index (κ3) is 3.27. The average Bonchev–Trinajstić information content (AvgIpc) is 2.91. The maximum Gasteiger partial charge on any atom is 0.223 e. The second-order valence-electron chi connectivity index (χ2n) is 5.91. The van der Waals surface area contributed by atoms with Crippen molar-refractivity contribution in [1.82, 2.24) is 10.3 Å². The van der Waals surface area contributed by atoms with E-state index in [1.165, 1.54) is 10.9 Å². The number of benzene rings is 1. The number of amides is 1. The first-order chi connectivity index (χ1) is 10.2. The van der Waals surface area contributed by atoms with Crippen LogP contribution in [0.1, 0.15) is 31.2 Å². The molecule has 2 aromatic rings. The lowest BCUT2D eigenvalue weighted by atomic mass is 9.87. The number of nitrogens with one attached hydrogen (secondary N) is 2. The van der Waals surface area contributed by atoms with Gasteiger partial charge in [0.1, 0.15) is 0 Å². The number of hydrogen-bond acceptors (Lipinski definition) is 2. The number of aliphatic hydroxyl groups excluding tert-OH is 1. The van der Waals surface area contributed by atoms with Gasteiger partial charge in [-0.25, -0.2) is 0 Å². The Morgan fingerprint density at radius 3 is 2.81 bits per heavy atom. The molecule has 21 heavy (non-hydrogen) atoms. The molecule has 3 N–H and O–H groups in total. The molecule has 1 aromatic heterocycles. The SMILES string of the molecule is O=C(NCCc1c[nH]c2ccccc12)C1CCC(O)CC1. The van der Waals surface area contributed by atoms with Crippen LogP contribution in [0.3, 0.4) is 0 Å². The fraction of sp³-hybridized carbons (Fsp3) is 0.471. The van der Waals surface area contributed by atoms with Gasteiger partial charge in [0.2, 0.25) is 5.91 Å². The number of rotatable bonds is 4. The van der Waals surface area contributed by atoms with Gasteiger partial charge in [0.25, 0.3) is 0 Å². The number of H-pyrrole nitrogens is 1. The number of carbonyl (C=O) groups excluding carboxylic acids is 1. The molecule has 112 valence electrons. The maximum absolute atomic E-state index is 12.1. The molecule has 4 nitrogen and oxygen atoms in total. The zero-order chi connectivity index (χ0) is 14.7. The largest absolute Gasteiger partial charge is 0.393 e. The van der Waals surface area contributed by atoms with Crippen LogP contribution in [0.4, 0.5) is 0 Å². The molecule has 1 fully saturated rings. The maximum atomic E-state index is 12.1. The van der Waals surface area contributed by atoms with Crippen LogP contribution in [0, 0.1) is 5.92 Å². The lowest BCUT2D eigenvalue weighted by Crippen LogP contribution is -2.35. The molecule has 1 aliphatic rings. The number of hydrogen-bond donors (Lipinski definition) is 3. The molecule has 0 unspecified atom stereocenters. The molecule has 0 spiro atoms. The quantitative estimate of drug-likeness (QED) is 0.808. The first-order valence-electron chi connectivity index (χ1n) is 7.75. The van der Waals surface area contributed by atoms with Crippen LogP contribution in [-0.2, 0) is 11.2 Å². The van der Waals surface area contributed by atoms with Crippen molar-refractivity contribution < 1.29 is 9.90 Å². The second kappa shape index (κ2) is 6.31. The zero-order valence-electron chi connectivity index (χ0n) is 12.1. The topological polar surface area (TPSA) is 65.1 Å². The smallest absolute Gasteiger partial charge is 0.223 e. The Labute approximate surface area is 124 Å². The number of fused-ring (bicyclic) bond motifs is 1. The van der Waals surface area contributed by atoms with Gasteiger partial charge in [-0.1, -0.05) is 18.2 Å². The Bertz CT molecular complexity index is 612. The van der Waals surface area contributed by atoms with E-state index in [1.807, 2.05) is 18.3 Å². The van der Waals surface area contributed by atoms with Crippen molar-refractivity contribution in [3.05, 3.63) is 36.0 Å². The molecule has 0 atom stereocenters. The van der Waals surface area contributed by atoms with Gasteiger partial charge in [0, 0.05) is 29.6 Å². The minimum absolute atomic E-state index is 0.0800. The number of aromatic amines is 1. The van der Waals surface area contributed by atoms with Crippen LogP contribution < -0.4 is 5.32 Å². The summed E-state index contributed by atoms with van der Waals surface area (Å²) in [5.41, 5.74) is 2.38. The van der Waals surface area contributed by atoms with Crippen LogP contribution in [0.15, 0.2) is 30.5 Å². The van der Waals surface area contributed by atoms with E-state index in [9.17, 15) is 9.90 Å². The Morgan fingerprint density at radius 1 is 1.24 bits per heavy atom. The summed E-state index contributed by atoms with van der Waals surface area (Å²) >= 11 is 0. The summed E-state index contributed by atoms with van der Waals surface area (Å²) in [6.45, 7) is 0.666. The lowest BCUT2D eigenvalue weighted by Gasteiger charge is -2.24. The first-order valence-corrected chi connectivity index (χ1v) is 7.75. The number of aliphatic hydroxyl groups is 1. The molecule has 4 heteroatoms. The van der Waals surface area contributed by atoms with Crippen LogP contribution in [0.5, 0.6) is 0 Å². The highest BCUT2D eigenvalue weighted by Gasteiger charge is 2.24. The van der Waals surface area contributed by atoms with Crippen LogP contribution in [-0.4, -0.2) is 28.6 Å². The normalized spacial score (nSPS) is 22.3. The van der Waals surface area contributed by atoms with Crippen molar-refractivity contribution in [2.24, 2.45) is 5.92 Å². The lowest BCUT2D eigenvalue weighted by molar-refractivity contribution is -0.126. The first kappa shape index (κ1) is 14.1. The predicted octanol–water partition coefficient (Wildman–Crippen LogP) is 2.38.